The highest BCUT2D eigenvalue weighted by Crippen LogP contribution is 2.29. The van der Waals surface area contributed by atoms with Crippen molar-refractivity contribution in [1.82, 2.24) is 5.32 Å². The van der Waals surface area contributed by atoms with Gasteiger partial charge in [-0.3, -0.25) is 28.9 Å². The third kappa shape index (κ3) is 11.2. The number of hydrogen-bond acceptors (Lipinski definition) is 7. The second-order valence-corrected chi connectivity index (χ2v) is 10.2. The van der Waals surface area contributed by atoms with E-state index in [1.807, 2.05) is 12.1 Å². The molecule has 13 nitrogen and oxygen atoms in total. The van der Waals surface area contributed by atoms with Crippen molar-refractivity contribution in [2.45, 2.75) is 39.0 Å². The molecule has 3 aromatic carbocycles. The molecule has 0 bridgehead atoms. The molecule has 0 saturated carbocycles. The lowest BCUT2D eigenvalue weighted by Crippen LogP contribution is -2.46. The van der Waals surface area contributed by atoms with Crippen LogP contribution in [0.15, 0.2) is 72.8 Å². The second kappa shape index (κ2) is 17.2. The fraction of sp³-hybridized carbons (Fsp3) is 0.250. The molecule has 0 fully saturated rings. The molecule has 0 aliphatic carbocycles. The summed E-state index contributed by atoms with van der Waals surface area (Å²) in [5.41, 5.74) is 14.7. The number of rotatable bonds is 8. The molecule has 0 radical (unpaired) electrons. The normalized spacial score (nSPS) is 12.2. The minimum Gasteiger partial charge on any atom is -0.480 e. The first-order chi connectivity index (χ1) is 22.5. The van der Waals surface area contributed by atoms with Crippen LogP contribution >= 0.6 is 0 Å². The predicted molar refractivity (Wildman–Crippen MR) is 168 cm³/mol. The number of benzene rings is 3. The van der Waals surface area contributed by atoms with Gasteiger partial charge in [0.15, 0.2) is 0 Å². The van der Waals surface area contributed by atoms with Gasteiger partial charge in [0.2, 0.25) is 17.7 Å². The highest BCUT2D eigenvalue weighted by Gasteiger charge is 2.38. The quantitative estimate of drug-likeness (QED) is 0.237. The molecule has 16 heteroatoms. The zero-order valence-electron chi connectivity index (χ0n) is 25.9. The van der Waals surface area contributed by atoms with Gasteiger partial charge in [-0.05, 0) is 60.9 Å². The van der Waals surface area contributed by atoms with Crippen LogP contribution in [0.25, 0.3) is 0 Å². The lowest BCUT2D eigenvalue weighted by Gasteiger charge is -2.22. The molecule has 48 heavy (non-hydrogen) atoms. The summed E-state index contributed by atoms with van der Waals surface area (Å²) in [5.74, 6) is -5.16. The van der Waals surface area contributed by atoms with E-state index in [0.29, 0.717) is 35.6 Å². The third-order valence-electron chi connectivity index (χ3n) is 6.58. The van der Waals surface area contributed by atoms with Crippen LogP contribution in [-0.4, -0.2) is 71.1 Å². The average molecular weight is 674 g/mol. The fourth-order valence-corrected chi connectivity index (χ4v) is 4.37. The van der Waals surface area contributed by atoms with Gasteiger partial charge in [0.05, 0.1) is 0 Å². The van der Waals surface area contributed by atoms with Gasteiger partial charge < -0.3 is 31.9 Å². The number of carboxylic acid groups (broad SMARTS) is 2. The highest BCUT2D eigenvalue weighted by molar-refractivity contribution is 6.08. The van der Waals surface area contributed by atoms with Crippen molar-refractivity contribution in [2.75, 3.05) is 22.9 Å². The topological polar surface area (TPSA) is 213 Å². The van der Waals surface area contributed by atoms with Gasteiger partial charge in [-0.15, -0.1) is 0 Å². The van der Waals surface area contributed by atoms with E-state index >= 15 is 0 Å². The molecular weight excluding hydrogens is 639 g/mol. The number of nitrogens with one attached hydrogen (secondary N) is 1. The van der Waals surface area contributed by atoms with Gasteiger partial charge in [-0.25, -0.2) is 4.79 Å². The smallest absolute Gasteiger partial charge is 0.480 e. The van der Waals surface area contributed by atoms with Crippen LogP contribution in [-0.2, 0) is 32.1 Å². The Kier molecular flexibility index (Phi) is 13.8. The number of nitrogens with two attached hydrogens (primary N) is 2. The van der Waals surface area contributed by atoms with Crippen LogP contribution in [0.3, 0.4) is 0 Å². The summed E-state index contributed by atoms with van der Waals surface area (Å²) in [6.45, 7) is 3.48. The molecule has 7 N–H and O–H groups in total. The van der Waals surface area contributed by atoms with Crippen molar-refractivity contribution in [3.63, 3.8) is 0 Å². The first-order valence-corrected chi connectivity index (χ1v) is 14.1. The summed E-state index contributed by atoms with van der Waals surface area (Å²) < 4.78 is 31.7. The standard InChI is InChI=1S/C16H16N2O3.C14H17N3O3.C2HF3O2/c17-10-12-5-4-8-14(9-12)18(11-15(19)20)16(21)13-6-2-1-3-7-13;1-8(16-9(2)18)14(20)17-6-5-10-3-4-11(13(15)19)7-12(10)17;3-2(4,5)1(6)7/h1-9H,10-11,17H2,(H,19,20);3-4,7-8H,5-6H2,1-2H3,(H2,15,19)(H,16,18);(H,6,7)/t;8-;/m.1./s1. The predicted octanol–water partition coefficient (Wildman–Crippen LogP) is 2.71. The second-order valence-electron chi connectivity index (χ2n) is 10.2. The number of halogens is 3. The molecule has 0 unspecified atom stereocenters. The lowest BCUT2D eigenvalue weighted by molar-refractivity contribution is -0.192. The zero-order chi connectivity index (χ0) is 36.2. The Morgan fingerprint density at radius 3 is 2.08 bits per heavy atom. The maximum absolute atomic E-state index is 12.5. The molecule has 1 aliphatic rings. The molecule has 1 aliphatic heterocycles. The maximum atomic E-state index is 12.5. The van der Waals surface area contributed by atoms with E-state index in [-0.39, 0.29) is 17.7 Å². The molecule has 0 spiro atoms. The van der Waals surface area contributed by atoms with E-state index in [1.54, 1.807) is 72.5 Å². The van der Waals surface area contributed by atoms with Crippen molar-refractivity contribution in [1.29, 1.82) is 0 Å². The molecule has 1 heterocycles. The van der Waals surface area contributed by atoms with Crippen molar-refractivity contribution < 1.29 is 52.2 Å². The number of carboxylic acids is 2. The van der Waals surface area contributed by atoms with E-state index in [1.165, 1.54) is 11.8 Å². The Morgan fingerprint density at radius 1 is 0.938 bits per heavy atom. The molecule has 4 amide bonds. The number of carbonyl (C=O) groups is 6. The van der Waals surface area contributed by atoms with Crippen LogP contribution in [0, 0.1) is 0 Å². The van der Waals surface area contributed by atoms with Crippen LogP contribution in [0.1, 0.15) is 45.7 Å². The number of nitrogens with zero attached hydrogens (tertiary/aromatic N) is 2. The Labute approximate surface area is 272 Å². The number of primary amides is 1. The van der Waals surface area contributed by atoms with Crippen LogP contribution in [0.5, 0.6) is 0 Å². The summed E-state index contributed by atoms with van der Waals surface area (Å²) in [6.07, 6.45) is -4.35. The monoisotopic (exact) mass is 673 g/mol. The number of hydrogen-bond donors (Lipinski definition) is 5. The zero-order valence-corrected chi connectivity index (χ0v) is 25.9. The molecule has 3 aromatic rings. The fourth-order valence-electron chi connectivity index (χ4n) is 4.37. The number of fused-ring (bicyclic) bond motifs is 1. The maximum Gasteiger partial charge on any atom is 0.490 e. The Balaban J connectivity index is 0.000000279. The van der Waals surface area contributed by atoms with Crippen molar-refractivity contribution in [2.24, 2.45) is 11.5 Å². The number of anilines is 2. The minimum absolute atomic E-state index is 0.194. The molecule has 0 saturated heterocycles. The minimum atomic E-state index is -5.08. The Hall–Kier alpha value is -5.77. The van der Waals surface area contributed by atoms with E-state index in [9.17, 15) is 37.1 Å². The van der Waals surface area contributed by atoms with Crippen LogP contribution < -0.4 is 26.6 Å². The third-order valence-corrected chi connectivity index (χ3v) is 6.58. The Morgan fingerprint density at radius 2 is 1.56 bits per heavy atom. The van der Waals surface area contributed by atoms with E-state index in [4.69, 9.17) is 26.5 Å². The number of alkyl halides is 3. The van der Waals surface area contributed by atoms with E-state index < -0.39 is 36.6 Å². The average Bonchev–Trinajstić information content (AvgIpc) is 3.46. The summed E-state index contributed by atoms with van der Waals surface area (Å²) in [4.78, 5) is 69.8. The molecule has 256 valence electrons. The molecule has 1 atom stereocenters. The van der Waals surface area contributed by atoms with E-state index in [2.05, 4.69) is 5.32 Å². The summed E-state index contributed by atoms with van der Waals surface area (Å²) in [6, 6.07) is 20.1. The van der Waals surface area contributed by atoms with Crippen molar-refractivity contribution in [3.8, 4) is 0 Å². The molecule has 0 aromatic heterocycles. The lowest BCUT2D eigenvalue weighted by atomic mass is 10.1. The van der Waals surface area contributed by atoms with Gasteiger partial charge in [-0.1, -0.05) is 36.4 Å². The summed E-state index contributed by atoms with van der Waals surface area (Å²) in [7, 11) is 0. The highest BCUT2D eigenvalue weighted by atomic mass is 19.4. The number of aliphatic carboxylic acids is 2. The van der Waals surface area contributed by atoms with E-state index in [0.717, 1.165) is 17.5 Å². The van der Waals surface area contributed by atoms with Crippen molar-refractivity contribution >= 4 is 46.9 Å². The van der Waals surface area contributed by atoms with Gasteiger partial charge in [-0.2, -0.15) is 13.2 Å². The van der Waals surface area contributed by atoms with Gasteiger partial charge in [0.25, 0.3) is 5.91 Å². The number of carbonyl (C=O) groups excluding carboxylic acids is 4. The largest absolute Gasteiger partial charge is 0.490 e. The molecular formula is C32H34F3N5O8. The number of amides is 4. The SMILES string of the molecule is CC(=O)N[C@H](C)C(=O)N1CCc2ccc(C(N)=O)cc21.NCc1cccc(N(CC(=O)O)C(=O)c2ccccc2)c1.O=C(O)C(F)(F)F. The van der Waals surface area contributed by atoms with Gasteiger partial charge in [0, 0.05) is 42.5 Å². The van der Waals surface area contributed by atoms with Crippen LogP contribution in [0.2, 0.25) is 0 Å². The van der Waals surface area contributed by atoms with Gasteiger partial charge >= 0.3 is 18.1 Å². The first-order valence-electron chi connectivity index (χ1n) is 14.1. The van der Waals surface area contributed by atoms with Gasteiger partial charge in [0.1, 0.15) is 12.6 Å². The summed E-state index contributed by atoms with van der Waals surface area (Å²) >= 11 is 0. The Bertz CT molecular complexity index is 1650. The van der Waals surface area contributed by atoms with Crippen molar-refractivity contribution in [3.05, 3.63) is 95.1 Å². The summed E-state index contributed by atoms with van der Waals surface area (Å²) in [5, 5.41) is 18.7. The first kappa shape index (κ1) is 38.4. The molecule has 4 rings (SSSR count). The van der Waals surface area contributed by atoms with Crippen LogP contribution in [0.4, 0.5) is 24.5 Å².